The lowest BCUT2D eigenvalue weighted by atomic mass is 9.99. The lowest BCUT2D eigenvalue weighted by molar-refractivity contribution is 0.0938. The van der Waals surface area contributed by atoms with Crippen molar-refractivity contribution in [2.45, 2.75) is 66.0 Å². The number of benzene rings is 1. The minimum atomic E-state index is -0.891. The molecule has 0 amide bonds. The van der Waals surface area contributed by atoms with Crippen molar-refractivity contribution in [1.29, 1.82) is 0 Å². The van der Waals surface area contributed by atoms with Gasteiger partial charge in [-0.1, -0.05) is 39.2 Å². The fraction of sp³-hybridized carbons (Fsp3) is 0.560. The van der Waals surface area contributed by atoms with E-state index in [0.717, 1.165) is 31.2 Å². The zero-order valence-electron chi connectivity index (χ0n) is 20.9. The molecule has 0 bridgehead atoms. The number of ether oxygens (including phenoxy) is 1. The number of unbranched alkanes of at least 4 members (excludes halogenated alkanes) is 1. The maximum absolute atomic E-state index is 12.7. The molecule has 0 aliphatic heterocycles. The Morgan fingerprint density at radius 3 is 2.65 bits per heavy atom. The first kappa shape index (κ1) is 25.6. The molecule has 2 aromatic heterocycles. The Hall–Kier alpha value is -3.07. The van der Waals surface area contributed by atoms with E-state index >= 15 is 0 Å². The third-order valence-corrected chi connectivity index (χ3v) is 6.41. The highest BCUT2D eigenvalue weighted by Gasteiger charge is 2.20. The van der Waals surface area contributed by atoms with Crippen molar-refractivity contribution >= 4 is 17.1 Å². The lowest BCUT2D eigenvalue weighted by Crippen LogP contribution is -2.31. The van der Waals surface area contributed by atoms with Gasteiger partial charge in [0.05, 0.1) is 6.54 Å². The van der Waals surface area contributed by atoms with Gasteiger partial charge in [-0.2, -0.15) is 4.98 Å². The van der Waals surface area contributed by atoms with E-state index in [9.17, 15) is 14.7 Å². The topological polar surface area (TPSA) is 114 Å². The highest BCUT2D eigenvalue weighted by Crippen LogP contribution is 2.20. The number of aryl methyl sites for hydroxylation is 3. The lowest BCUT2D eigenvalue weighted by Gasteiger charge is -2.18. The third kappa shape index (κ3) is 5.88. The molecule has 3 rings (SSSR count). The number of hydrogen-bond donors (Lipinski definition) is 3. The Morgan fingerprint density at radius 2 is 1.97 bits per heavy atom. The fourth-order valence-corrected chi connectivity index (χ4v) is 3.99. The molecule has 0 spiro atoms. The number of imidazole rings is 1. The maximum Gasteiger partial charge on any atom is 0.329 e. The summed E-state index contributed by atoms with van der Waals surface area (Å²) in [5.41, 5.74) is 1.75. The second-order valence-electron chi connectivity index (χ2n) is 9.04. The molecule has 0 aliphatic carbocycles. The van der Waals surface area contributed by atoms with E-state index in [1.54, 1.807) is 11.6 Å². The van der Waals surface area contributed by atoms with Crippen LogP contribution in [0.2, 0.25) is 0 Å². The first-order chi connectivity index (χ1) is 16.2. The summed E-state index contributed by atoms with van der Waals surface area (Å²) >= 11 is 0. The molecule has 2 unspecified atom stereocenters. The third-order valence-electron chi connectivity index (χ3n) is 6.41. The van der Waals surface area contributed by atoms with Gasteiger partial charge in [0.1, 0.15) is 18.5 Å². The Balaban J connectivity index is 1.85. The molecular weight excluding hydrogens is 434 g/mol. The van der Waals surface area contributed by atoms with E-state index in [1.807, 2.05) is 32.0 Å². The number of fused-ring (bicyclic) bond motifs is 1. The Labute approximate surface area is 199 Å². The number of rotatable bonds is 12. The Bertz CT molecular complexity index is 1230. The van der Waals surface area contributed by atoms with Gasteiger partial charge in [-0.05, 0) is 49.4 Å². The minimum absolute atomic E-state index is 0.0549. The molecule has 0 radical (unpaired) electrons. The fourth-order valence-electron chi connectivity index (χ4n) is 3.99. The summed E-state index contributed by atoms with van der Waals surface area (Å²) in [5.74, 6) is 1.60. The number of aromatic amines is 1. The van der Waals surface area contributed by atoms with E-state index in [1.165, 1.54) is 10.1 Å². The van der Waals surface area contributed by atoms with Crippen LogP contribution >= 0.6 is 0 Å². The number of aromatic nitrogens is 4. The number of anilines is 1. The molecular formula is C25H37N5O4. The molecule has 2 atom stereocenters. The van der Waals surface area contributed by atoms with Crippen molar-refractivity contribution in [2.75, 3.05) is 18.5 Å². The summed E-state index contributed by atoms with van der Waals surface area (Å²) in [7, 11) is 1.57. The van der Waals surface area contributed by atoms with Gasteiger partial charge >= 0.3 is 5.69 Å². The molecule has 9 nitrogen and oxygen atoms in total. The number of nitrogens with one attached hydrogen (secondary N) is 2. The minimum Gasteiger partial charge on any atom is -0.491 e. The molecule has 3 N–H and O–H groups in total. The maximum atomic E-state index is 12.7. The van der Waals surface area contributed by atoms with Crippen molar-refractivity contribution < 1.29 is 9.84 Å². The van der Waals surface area contributed by atoms with Crippen molar-refractivity contribution in [3.63, 3.8) is 0 Å². The monoisotopic (exact) mass is 471 g/mol. The second-order valence-corrected chi connectivity index (χ2v) is 9.04. The van der Waals surface area contributed by atoms with E-state index in [2.05, 4.69) is 29.1 Å². The summed E-state index contributed by atoms with van der Waals surface area (Å²) in [4.78, 5) is 31.7. The molecule has 34 heavy (non-hydrogen) atoms. The number of hydrogen-bond acceptors (Lipinski definition) is 6. The van der Waals surface area contributed by atoms with Gasteiger partial charge in [-0.3, -0.25) is 14.3 Å². The summed E-state index contributed by atoms with van der Waals surface area (Å²) in [6, 6.07) is 5.78. The normalized spacial score (nSPS) is 13.2. The van der Waals surface area contributed by atoms with Crippen LogP contribution in [-0.4, -0.2) is 43.5 Å². The van der Waals surface area contributed by atoms with Crippen molar-refractivity contribution in [3.05, 3.63) is 50.2 Å². The van der Waals surface area contributed by atoms with Crippen LogP contribution < -0.4 is 21.3 Å². The molecule has 0 fully saturated rings. The van der Waals surface area contributed by atoms with Gasteiger partial charge in [0.15, 0.2) is 11.2 Å². The van der Waals surface area contributed by atoms with Crippen LogP contribution in [0.25, 0.3) is 11.2 Å². The standard InChI is InChI=1S/C25H37N5O4/c1-6-8-9-18(7-2)13-26-24-27-22-21(23(32)28-25(33)29(22)5)30(24)14-19(31)15-34-20-11-10-16(3)17(4)12-20/h10-12,18-19,31H,6-9,13-15H2,1-5H3,(H,26,27)(H,28,32,33). The number of nitrogens with zero attached hydrogens (tertiary/aromatic N) is 3. The number of aliphatic hydroxyl groups is 1. The molecule has 1 aromatic carbocycles. The van der Waals surface area contributed by atoms with Crippen molar-refractivity contribution in [3.8, 4) is 5.75 Å². The van der Waals surface area contributed by atoms with Crippen molar-refractivity contribution in [2.24, 2.45) is 13.0 Å². The summed E-state index contributed by atoms with van der Waals surface area (Å²) < 4.78 is 8.75. The molecule has 186 valence electrons. The van der Waals surface area contributed by atoms with Crippen LogP contribution in [0.1, 0.15) is 50.7 Å². The van der Waals surface area contributed by atoms with Crippen molar-refractivity contribution in [1.82, 2.24) is 19.1 Å². The summed E-state index contributed by atoms with van der Waals surface area (Å²) in [6.07, 6.45) is 3.53. The van der Waals surface area contributed by atoms with Crippen LogP contribution in [0.15, 0.2) is 27.8 Å². The average molecular weight is 472 g/mol. The number of aliphatic hydroxyl groups excluding tert-OH is 1. The molecule has 0 aliphatic rings. The van der Waals surface area contributed by atoms with Crippen LogP contribution in [0, 0.1) is 19.8 Å². The quantitative estimate of drug-likeness (QED) is 0.374. The van der Waals surface area contributed by atoms with Gasteiger partial charge in [0.25, 0.3) is 5.56 Å². The van der Waals surface area contributed by atoms with E-state index in [-0.39, 0.29) is 24.3 Å². The molecule has 3 aromatic rings. The van der Waals surface area contributed by atoms with Crippen LogP contribution in [0.5, 0.6) is 5.75 Å². The highest BCUT2D eigenvalue weighted by molar-refractivity contribution is 5.74. The van der Waals surface area contributed by atoms with Gasteiger partial charge < -0.3 is 19.7 Å². The predicted octanol–water partition coefficient (Wildman–Crippen LogP) is 3.11. The van der Waals surface area contributed by atoms with Crippen LogP contribution in [0.4, 0.5) is 5.95 Å². The van der Waals surface area contributed by atoms with Gasteiger partial charge in [-0.25, -0.2) is 4.79 Å². The number of H-pyrrole nitrogens is 1. The Morgan fingerprint density at radius 1 is 1.21 bits per heavy atom. The second kappa shape index (κ2) is 11.4. The van der Waals surface area contributed by atoms with Gasteiger partial charge in [0.2, 0.25) is 5.95 Å². The first-order valence-corrected chi connectivity index (χ1v) is 12.1. The first-order valence-electron chi connectivity index (χ1n) is 12.1. The molecule has 2 heterocycles. The summed E-state index contributed by atoms with van der Waals surface area (Å²) in [5, 5.41) is 14.1. The van der Waals surface area contributed by atoms with E-state index < -0.39 is 17.4 Å². The average Bonchev–Trinajstić information content (AvgIpc) is 3.17. The van der Waals surface area contributed by atoms with Crippen LogP contribution in [-0.2, 0) is 13.6 Å². The largest absolute Gasteiger partial charge is 0.491 e. The smallest absolute Gasteiger partial charge is 0.329 e. The predicted molar refractivity (Wildman–Crippen MR) is 135 cm³/mol. The molecule has 0 saturated heterocycles. The van der Waals surface area contributed by atoms with Gasteiger partial charge in [-0.15, -0.1) is 0 Å². The van der Waals surface area contributed by atoms with E-state index in [4.69, 9.17) is 4.74 Å². The molecule has 0 saturated carbocycles. The molecule has 9 heteroatoms. The van der Waals surface area contributed by atoms with E-state index in [0.29, 0.717) is 24.2 Å². The zero-order chi connectivity index (χ0) is 24.8. The Kier molecular flexibility index (Phi) is 8.55. The van der Waals surface area contributed by atoms with Crippen LogP contribution in [0.3, 0.4) is 0 Å². The SMILES string of the molecule is CCCCC(CC)CNc1nc2c(c(=O)[nH]c(=O)n2C)n1CC(O)COc1ccc(C)c(C)c1. The van der Waals surface area contributed by atoms with Gasteiger partial charge in [0, 0.05) is 13.6 Å². The summed E-state index contributed by atoms with van der Waals surface area (Å²) in [6.45, 7) is 9.22. The zero-order valence-corrected chi connectivity index (χ0v) is 20.9. The highest BCUT2D eigenvalue weighted by atomic mass is 16.5.